The first-order valence-corrected chi connectivity index (χ1v) is 5.98. The predicted molar refractivity (Wildman–Crippen MR) is 72.5 cm³/mol. The number of halogens is 3. The van der Waals surface area contributed by atoms with Crippen LogP contribution in [0.1, 0.15) is 10.4 Å². The van der Waals surface area contributed by atoms with E-state index in [1.165, 1.54) is 30.3 Å². The molecule has 6 heteroatoms. The molecule has 0 bridgehead atoms. The van der Waals surface area contributed by atoms with Crippen LogP contribution in [0.4, 0.5) is 10.1 Å². The molecule has 0 atom stereocenters. The SMILES string of the molecule is O=C(Nc1cc(Cl)cc(Cl)c1)c1cccc(F)c1O. The van der Waals surface area contributed by atoms with Crippen LogP contribution in [0.25, 0.3) is 0 Å². The first kappa shape index (κ1) is 13.6. The Morgan fingerprint density at radius 1 is 1.16 bits per heavy atom. The van der Waals surface area contributed by atoms with Crippen molar-refractivity contribution in [1.82, 2.24) is 0 Å². The van der Waals surface area contributed by atoms with E-state index < -0.39 is 17.5 Å². The normalized spacial score (nSPS) is 10.3. The lowest BCUT2D eigenvalue weighted by Crippen LogP contribution is -2.12. The van der Waals surface area contributed by atoms with Crippen molar-refractivity contribution in [2.24, 2.45) is 0 Å². The number of hydrogen-bond acceptors (Lipinski definition) is 2. The number of aromatic hydroxyl groups is 1. The molecule has 2 aromatic rings. The van der Waals surface area contributed by atoms with Gasteiger partial charge in [-0.2, -0.15) is 0 Å². The van der Waals surface area contributed by atoms with Crippen molar-refractivity contribution in [2.75, 3.05) is 5.32 Å². The number of hydrogen-bond donors (Lipinski definition) is 2. The van der Waals surface area contributed by atoms with Crippen molar-refractivity contribution < 1.29 is 14.3 Å². The summed E-state index contributed by atoms with van der Waals surface area (Å²) in [6.07, 6.45) is 0. The topological polar surface area (TPSA) is 49.3 Å². The molecule has 0 aliphatic heterocycles. The molecule has 1 amide bonds. The lowest BCUT2D eigenvalue weighted by molar-refractivity contribution is 0.102. The summed E-state index contributed by atoms with van der Waals surface area (Å²) < 4.78 is 13.1. The zero-order chi connectivity index (χ0) is 14.0. The van der Waals surface area contributed by atoms with E-state index in [2.05, 4.69) is 5.32 Å². The molecule has 0 saturated carbocycles. The van der Waals surface area contributed by atoms with Gasteiger partial charge in [-0.3, -0.25) is 4.79 Å². The van der Waals surface area contributed by atoms with E-state index in [1.54, 1.807) is 0 Å². The molecule has 0 unspecified atom stereocenters. The Balaban J connectivity index is 2.28. The number of benzene rings is 2. The van der Waals surface area contributed by atoms with Crippen LogP contribution in [0.5, 0.6) is 5.75 Å². The summed E-state index contributed by atoms with van der Waals surface area (Å²) in [4.78, 5) is 11.9. The van der Waals surface area contributed by atoms with Gasteiger partial charge in [0.05, 0.1) is 5.56 Å². The second-order valence-electron chi connectivity index (χ2n) is 3.75. The lowest BCUT2D eigenvalue weighted by atomic mass is 10.1. The Morgan fingerprint density at radius 2 is 1.79 bits per heavy atom. The lowest BCUT2D eigenvalue weighted by Gasteiger charge is -2.08. The summed E-state index contributed by atoms with van der Waals surface area (Å²) in [6.45, 7) is 0. The third-order valence-electron chi connectivity index (χ3n) is 2.35. The van der Waals surface area contributed by atoms with Crippen LogP contribution in [0.15, 0.2) is 36.4 Å². The molecule has 0 heterocycles. The van der Waals surface area contributed by atoms with E-state index in [9.17, 15) is 14.3 Å². The number of para-hydroxylation sites is 1. The molecule has 0 saturated heterocycles. The Labute approximate surface area is 118 Å². The molecule has 3 nitrogen and oxygen atoms in total. The molecule has 19 heavy (non-hydrogen) atoms. The zero-order valence-corrected chi connectivity index (χ0v) is 11.0. The Hall–Kier alpha value is -1.78. The van der Waals surface area contributed by atoms with E-state index >= 15 is 0 Å². The smallest absolute Gasteiger partial charge is 0.259 e. The molecule has 98 valence electrons. The fourth-order valence-corrected chi connectivity index (χ4v) is 2.05. The quantitative estimate of drug-likeness (QED) is 0.877. The van der Waals surface area contributed by atoms with Crippen molar-refractivity contribution in [2.45, 2.75) is 0 Å². The molecular weight excluding hydrogens is 292 g/mol. The fourth-order valence-electron chi connectivity index (χ4n) is 1.52. The molecule has 0 aliphatic rings. The van der Waals surface area contributed by atoms with Crippen LogP contribution in [0.3, 0.4) is 0 Å². The Bertz CT molecular complexity index is 626. The minimum Gasteiger partial charge on any atom is -0.504 e. The van der Waals surface area contributed by atoms with E-state index in [1.807, 2.05) is 0 Å². The van der Waals surface area contributed by atoms with Crippen LogP contribution < -0.4 is 5.32 Å². The molecule has 2 N–H and O–H groups in total. The predicted octanol–water partition coefficient (Wildman–Crippen LogP) is 4.09. The number of amides is 1. The summed E-state index contributed by atoms with van der Waals surface area (Å²) in [7, 11) is 0. The number of nitrogens with one attached hydrogen (secondary N) is 1. The van der Waals surface area contributed by atoms with Gasteiger partial charge >= 0.3 is 0 Å². The first-order valence-electron chi connectivity index (χ1n) is 5.22. The molecule has 0 aliphatic carbocycles. The van der Waals surface area contributed by atoms with Gasteiger partial charge < -0.3 is 10.4 Å². The van der Waals surface area contributed by atoms with Gasteiger partial charge in [0.2, 0.25) is 0 Å². The van der Waals surface area contributed by atoms with E-state index in [-0.39, 0.29) is 5.56 Å². The maximum absolute atomic E-state index is 13.1. The van der Waals surface area contributed by atoms with Crippen LogP contribution in [0.2, 0.25) is 10.0 Å². The van der Waals surface area contributed by atoms with Gasteiger partial charge in [-0.15, -0.1) is 0 Å². The fraction of sp³-hybridized carbons (Fsp3) is 0. The maximum atomic E-state index is 13.1. The number of phenolic OH excluding ortho intramolecular Hbond substituents is 1. The van der Waals surface area contributed by atoms with Gasteiger partial charge in [0.25, 0.3) is 5.91 Å². The van der Waals surface area contributed by atoms with Crippen LogP contribution in [-0.4, -0.2) is 11.0 Å². The van der Waals surface area contributed by atoms with Crippen molar-refractivity contribution in [1.29, 1.82) is 0 Å². The van der Waals surface area contributed by atoms with E-state index in [0.29, 0.717) is 15.7 Å². The average molecular weight is 300 g/mol. The number of anilines is 1. The number of carbonyl (C=O) groups is 1. The summed E-state index contributed by atoms with van der Waals surface area (Å²) in [5.41, 5.74) is 0.183. The first-order chi connectivity index (χ1) is 8.97. The number of carbonyl (C=O) groups excluding carboxylic acids is 1. The zero-order valence-electron chi connectivity index (χ0n) is 9.45. The molecule has 0 spiro atoms. The highest BCUT2D eigenvalue weighted by Crippen LogP contribution is 2.25. The van der Waals surface area contributed by atoms with Gasteiger partial charge in [-0.05, 0) is 30.3 Å². The minimum atomic E-state index is -0.864. The molecular formula is C13H8Cl2FNO2. The summed E-state index contributed by atoms with van der Waals surface area (Å²) in [5.74, 6) is -2.22. The number of rotatable bonds is 2. The highest BCUT2D eigenvalue weighted by atomic mass is 35.5. The monoisotopic (exact) mass is 299 g/mol. The van der Waals surface area contributed by atoms with Gasteiger partial charge in [0.1, 0.15) is 0 Å². The third kappa shape index (κ3) is 3.16. The largest absolute Gasteiger partial charge is 0.504 e. The van der Waals surface area contributed by atoms with Gasteiger partial charge in [-0.1, -0.05) is 29.3 Å². The third-order valence-corrected chi connectivity index (χ3v) is 2.79. The van der Waals surface area contributed by atoms with E-state index in [4.69, 9.17) is 23.2 Å². The Kier molecular flexibility index (Phi) is 3.93. The molecule has 0 radical (unpaired) electrons. The standard InChI is InChI=1S/C13H8Cl2FNO2/c14-7-4-8(15)6-9(5-7)17-13(19)10-2-1-3-11(16)12(10)18/h1-6,18H,(H,17,19). The van der Waals surface area contributed by atoms with Gasteiger partial charge in [-0.25, -0.2) is 4.39 Å². The van der Waals surface area contributed by atoms with Crippen molar-refractivity contribution in [3.05, 3.63) is 57.8 Å². The van der Waals surface area contributed by atoms with Crippen LogP contribution >= 0.6 is 23.2 Å². The van der Waals surface area contributed by atoms with Crippen LogP contribution in [0, 0.1) is 5.82 Å². The van der Waals surface area contributed by atoms with Crippen LogP contribution in [-0.2, 0) is 0 Å². The second kappa shape index (κ2) is 5.47. The highest BCUT2D eigenvalue weighted by Gasteiger charge is 2.14. The second-order valence-corrected chi connectivity index (χ2v) is 4.62. The maximum Gasteiger partial charge on any atom is 0.259 e. The minimum absolute atomic E-state index is 0.170. The van der Waals surface area contributed by atoms with E-state index in [0.717, 1.165) is 6.07 Å². The van der Waals surface area contributed by atoms with Gasteiger partial charge in [0.15, 0.2) is 11.6 Å². The summed E-state index contributed by atoms with van der Waals surface area (Å²) in [5, 5.41) is 12.6. The number of phenols is 1. The Morgan fingerprint density at radius 3 is 2.42 bits per heavy atom. The van der Waals surface area contributed by atoms with Crippen molar-refractivity contribution in [3.63, 3.8) is 0 Å². The summed E-state index contributed by atoms with van der Waals surface area (Å²) in [6, 6.07) is 8.18. The molecule has 2 rings (SSSR count). The molecule has 2 aromatic carbocycles. The van der Waals surface area contributed by atoms with Crippen molar-refractivity contribution in [3.8, 4) is 5.75 Å². The van der Waals surface area contributed by atoms with Gasteiger partial charge in [0, 0.05) is 15.7 Å². The highest BCUT2D eigenvalue weighted by molar-refractivity contribution is 6.35. The molecule has 0 fully saturated rings. The average Bonchev–Trinajstić information content (AvgIpc) is 2.31. The van der Waals surface area contributed by atoms with Crippen molar-refractivity contribution >= 4 is 34.8 Å². The molecule has 0 aromatic heterocycles. The summed E-state index contributed by atoms with van der Waals surface area (Å²) >= 11 is 11.6.